The number of carbonyl (C=O) groups is 3. The summed E-state index contributed by atoms with van der Waals surface area (Å²) in [6.07, 6.45) is 1.31. The normalized spacial score (nSPS) is 16.0. The summed E-state index contributed by atoms with van der Waals surface area (Å²) in [5.74, 6) is -1.39. The summed E-state index contributed by atoms with van der Waals surface area (Å²) in [5, 5.41) is 12.0. The molecule has 4 amide bonds. The monoisotopic (exact) mass is 352 g/mol. The van der Waals surface area contributed by atoms with Crippen LogP contribution in [0.25, 0.3) is 6.08 Å². The zero-order valence-electron chi connectivity index (χ0n) is 14.1. The van der Waals surface area contributed by atoms with Crippen LogP contribution in [0.2, 0.25) is 0 Å². The Balaban J connectivity index is 2.03. The summed E-state index contributed by atoms with van der Waals surface area (Å²) in [6.45, 7) is 1.76. The number of rotatable bonds is 3. The van der Waals surface area contributed by atoms with Gasteiger partial charge in [0, 0.05) is 0 Å². The number of barbiturate groups is 1. The summed E-state index contributed by atoms with van der Waals surface area (Å²) in [7, 11) is 1.41. The Kier molecular flexibility index (Phi) is 4.45. The predicted molar refractivity (Wildman–Crippen MR) is 94.8 cm³/mol. The van der Waals surface area contributed by atoms with E-state index in [4.69, 9.17) is 4.74 Å². The Bertz CT molecular complexity index is 949. The van der Waals surface area contributed by atoms with Gasteiger partial charge in [0.15, 0.2) is 11.5 Å². The highest BCUT2D eigenvalue weighted by Crippen LogP contribution is 2.29. The number of phenolic OH excluding ortho intramolecular Hbond substituents is 1. The molecule has 0 aliphatic carbocycles. The molecule has 3 rings (SSSR count). The number of para-hydroxylation sites is 1. The van der Waals surface area contributed by atoms with Crippen molar-refractivity contribution < 1.29 is 24.2 Å². The molecule has 0 bridgehead atoms. The summed E-state index contributed by atoms with van der Waals surface area (Å²) in [4.78, 5) is 38.1. The molecule has 132 valence electrons. The van der Waals surface area contributed by atoms with Crippen molar-refractivity contribution in [3.05, 3.63) is 59.2 Å². The number of methoxy groups -OCH3 is 1. The van der Waals surface area contributed by atoms with E-state index in [1.807, 2.05) is 0 Å². The number of benzene rings is 2. The third-order valence-electron chi connectivity index (χ3n) is 3.97. The lowest BCUT2D eigenvalue weighted by molar-refractivity contribution is -0.122. The molecule has 0 unspecified atom stereocenters. The summed E-state index contributed by atoms with van der Waals surface area (Å²) >= 11 is 0. The molecule has 2 aromatic rings. The van der Waals surface area contributed by atoms with Crippen molar-refractivity contribution in [2.45, 2.75) is 6.92 Å². The molecular formula is C19H16N2O5. The molecule has 7 nitrogen and oxygen atoms in total. The second kappa shape index (κ2) is 6.72. The van der Waals surface area contributed by atoms with Gasteiger partial charge in [0.2, 0.25) is 0 Å². The van der Waals surface area contributed by atoms with E-state index in [1.165, 1.54) is 25.3 Å². The number of phenols is 1. The van der Waals surface area contributed by atoms with Crippen molar-refractivity contribution in [1.29, 1.82) is 0 Å². The minimum atomic E-state index is -0.802. The molecule has 0 atom stereocenters. The van der Waals surface area contributed by atoms with Crippen LogP contribution in [0, 0.1) is 6.92 Å². The third kappa shape index (κ3) is 3.02. The third-order valence-corrected chi connectivity index (χ3v) is 3.97. The van der Waals surface area contributed by atoms with Gasteiger partial charge in [-0.25, -0.2) is 9.69 Å². The molecule has 1 heterocycles. The highest BCUT2D eigenvalue weighted by atomic mass is 16.5. The van der Waals surface area contributed by atoms with Crippen molar-refractivity contribution in [3.63, 3.8) is 0 Å². The number of hydrogen-bond acceptors (Lipinski definition) is 5. The number of aryl methyl sites for hydroxylation is 1. The summed E-state index contributed by atoms with van der Waals surface area (Å²) in [5.41, 5.74) is 1.32. The van der Waals surface area contributed by atoms with Crippen LogP contribution < -0.4 is 15.0 Å². The average molecular weight is 352 g/mol. The van der Waals surface area contributed by atoms with Crippen LogP contribution in [-0.4, -0.2) is 30.1 Å². The lowest BCUT2D eigenvalue weighted by atomic mass is 10.1. The smallest absolute Gasteiger partial charge is 0.335 e. The molecule has 0 aromatic heterocycles. The zero-order valence-corrected chi connectivity index (χ0v) is 14.1. The Morgan fingerprint density at radius 1 is 1.12 bits per heavy atom. The quantitative estimate of drug-likeness (QED) is 0.653. The van der Waals surface area contributed by atoms with Gasteiger partial charge in [0.05, 0.1) is 12.8 Å². The van der Waals surface area contributed by atoms with Crippen LogP contribution in [0.5, 0.6) is 11.5 Å². The molecule has 1 aliphatic heterocycles. The fraction of sp³-hybridized carbons (Fsp3) is 0.105. The van der Waals surface area contributed by atoms with Gasteiger partial charge >= 0.3 is 6.03 Å². The summed E-state index contributed by atoms with van der Waals surface area (Å²) < 4.78 is 4.96. The number of nitrogens with one attached hydrogen (secondary N) is 1. The number of hydrogen-bond donors (Lipinski definition) is 2. The second-order valence-electron chi connectivity index (χ2n) is 5.68. The van der Waals surface area contributed by atoms with Crippen LogP contribution in [0.4, 0.5) is 10.5 Å². The maximum absolute atomic E-state index is 12.8. The number of urea groups is 1. The molecular weight excluding hydrogens is 336 g/mol. The molecule has 0 saturated carbocycles. The van der Waals surface area contributed by atoms with E-state index >= 15 is 0 Å². The van der Waals surface area contributed by atoms with E-state index in [0.29, 0.717) is 16.8 Å². The van der Waals surface area contributed by atoms with Gasteiger partial charge in [0.25, 0.3) is 11.8 Å². The standard InChI is InChI=1S/C19H16N2O5/c1-11-5-3-4-6-14(11)21-18(24)13(17(23)20-19(21)25)9-12-7-8-16(26-2)15(22)10-12/h3-10,22H,1-2H3,(H,20,23,25)/b13-9-. The van der Waals surface area contributed by atoms with Gasteiger partial charge in [-0.1, -0.05) is 24.3 Å². The number of amides is 4. The largest absolute Gasteiger partial charge is 0.504 e. The lowest BCUT2D eigenvalue weighted by Gasteiger charge is -2.27. The zero-order chi connectivity index (χ0) is 18.8. The van der Waals surface area contributed by atoms with E-state index in [9.17, 15) is 19.5 Å². The van der Waals surface area contributed by atoms with Gasteiger partial charge in [-0.3, -0.25) is 14.9 Å². The first-order chi connectivity index (χ1) is 12.4. The highest BCUT2D eigenvalue weighted by Gasteiger charge is 2.37. The van der Waals surface area contributed by atoms with E-state index in [-0.39, 0.29) is 17.1 Å². The molecule has 0 radical (unpaired) electrons. The van der Waals surface area contributed by atoms with Crippen molar-refractivity contribution >= 4 is 29.6 Å². The van der Waals surface area contributed by atoms with Crippen LogP contribution in [0.15, 0.2) is 48.0 Å². The number of ether oxygens (including phenoxy) is 1. The van der Waals surface area contributed by atoms with Crippen LogP contribution >= 0.6 is 0 Å². The molecule has 1 saturated heterocycles. The number of aromatic hydroxyl groups is 1. The number of anilines is 1. The Hall–Kier alpha value is -3.61. The van der Waals surface area contributed by atoms with Gasteiger partial charge in [0.1, 0.15) is 5.57 Å². The number of carbonyl (C=O) groups excluding carboxylic acids is 3. The van der Waals surface area contributed by atoms with Crippen molar-refractivity contribution in [3.8, 4) is 11.5 Å². The molecule has 7 heteroatoms. The van der Waals surface area contributed by atoms with Crippen LogP contribution in [0.1, 0.15) is 11.1 Å². The second-order valence-corrected chi connectivity index (χ2v) is 5.68. The highest BCUT2D eigenvalue weighted by molar-refractivity contribution is 6.39. The molecule has 2 N–H and O–H groups in total. The Labute approximate surface area is 149 Å². The topological polar surface area (TPSA) is 95.9 Å². The van der Waals surface area contributed by atoms with E-state index < -0.39 is 17.8 Å². The maximum Gasteiger partial charge on any atom is 0.335 e. The minimum absolute atomic E-state index is 0.127. The Morgan fingerprint density at radius 2 is 1.85 bits per heavy atom. The van der Waals surface area contributed by atoms with Gasteiger partial charge < -0.3 is 9.84 Å². The average Bonchev–Trinajstić information content (AvgIpc) is 2.60. The fourth-order valence-electron chi connectivity index (χ4n) is 2.65. The number of imide groups is 2. The molecule has 1 aliphatic rings. The first-order valence-electron chi connectivity index (χ1n) is 7.76. The fourth-order valence-corrected chi connectivity index (χ4v) is 2.65. The maximum atomic E-state index is 12.8. The minimum Gasteiger partial charge on any atom is -0.504 e. The van der Waals surface area contributed by atoms with E-state index in [0.717, 1.165) is 4.90 Å². The first kappa shape index (κ1) is 17.2. The molecule has 1 fully saturated rings. The molecule has 0 spiro atoms. The SMILES string of the molecule is COc1ccc(/C=C2/C(=O)NC(=O)N(c3ccccc3C)C2=O)cc1O. The van der Waals surface area contributed by atoms with Gasteiger partial charge in [-0.05, 0) is 42.3 Å². The van der Waals surface area contributed by atoms with Crippen molar-refractivity contribution in [2.24, 2.45) is 0 Å². The van der Waals surface area contributed by atoms with Crippen LogP contribution in [0.3, 0.4) is 0 Å². The number of nitrogens with zero attached hydrogens (tertiary/aromatic N) is 1. The first-order valence-corrected chi connectivity index (χ1v) is 7.76. The van der Waals surface area contributed by atoms with E-state index in [1.54, 1.807) is 37.3 Å². The molecule has 26 heavy (non-hydrogen) atoms. The van der Waals surface area contributed by atoms with Crippen LogP contribution in [-0.2, 0) is 9.59 Å². The lowest BCUT2D eigenvalue weighted by Crippen LogP contribution is -2.54. The van der Waals surface area contributed by atoms with Crippen molar-refractivity contribution in [2.75, 3.05) is 12.0 Å². The summed E-state index contributed by atoms with van der Waals surface area (Å²) in [6, 6.07) is 10.5. The van der Waals surface area contributed by atoms with E-state index in [2.05, 4.69) is 5.32 Å². The van der Waals surface area contributed by atoms with Gasteiger partial charge in [-0.15, -0.1) is 0 Å². The predicted octanol–water partition coefficient (Wildman–Crippen LogP) is 2.38. The van der Waals surface area contributed by atoms with Gasteiger partial charge in [-0.2, -0.15) is 0 Å². The Morgan fingerprint density at radius 3 is 2.50 bits per heavy atom. The van der Waals surface area contributed by atoms with Crippen molar-refractivity contribution in [1.82, 2.24) is 5.32 Å². The molecule has 2 aromatic carbocycles.